The Morgan fingerprint density at radius 3 is 1.70 bits per heavy atom. The zero-order valence-electron chi connectivity index (χ0n) is 17.8. The van der Waals surface area contributed by atoms with Gasteiger partial charge >= 0.3 is 18.2 Å². The Kier molecular flexibility index (Phi) is 9.75. The molecule has 8 heteroatoms. The van der Waals surface area contributed by atoms with Gasteiger partial charge in [-0.2, -0.15) is 4.90 Å². The van der Waals surface area contributed by atoms with Crippen molar-refractivity contribution < 1.29 is 33.0 Å². The van der Waals surface area contributed by atoms with Gasteiger partial charge in [0, 0.05) is 6.42 Å². The molecule has 0 fully saturated rings. The van der Waals surface area contributed by atoms with Crippen LogP contribution < -0.4 is 0 Å². The number of carbonyl (C=O) groups excluding carboxylic acids is 3. The van der Waals surface area contributed by atoms with Gasteiger partial charge in [-0.05, 0) is 54.9 Å². The summed E-state index contributed by atoms with van der Waals surface area (Å²) in [5.74, 6) is -0.882. The second kappa shape index (κ2) is 10.5. The fourth-order valence-electron chi connectivity index (χ4n) is 2.17. The highest BCUT2D eigenvalue weighted by Crippen LogP contribution is 2.22. The fraction of sp³-hybridized carbons (Fsp3) is 0.842. The van der Waals surface area contributed by atoms with Crippen molar-refractivity contribution in [2.24, 2.45) is 0 Å². The van der Waals surface area contributed by atoms with Crippen molar-refractivity contribution in [1.29, 1.82) is 0 Å². The number of nitrogens with zero attached hydrogens (tertiary/aromatic N) is 1. The van der Waals surface area contributed by atoms with Crippen LogP contribution in [0.15, 0.2) is 0 Å². The van der Waals surface area contributed by atoms with Crippen LogP contribution in [0.25, 0.3) is 0 Å². The molecule has 0 aromatic rings. The molecule has 0 aromatic carbocycles. The summed E-state index contributed by atoms with van der Waals surface area (Å²) in [6.45, 7) is 13.1. The van der Waals surface area contributed by atoms with Crippen LogP contribution in [0.3, 0.4) is 0 Å². The highest BCUT2D eigenvalue weighted by Gasteiger charge is 2.42. The molecule has 0 rings (SSSR count). The average molecular weight is 391 g/mol. The van der Waals surface area contributed by atoms with Crippen molar-refractivity contribution in [1.82, 2.24) is 4.90 Å². The summed E-state index contributed by atoms with van der Waals surface area (Å²) in [6, 6.07) is -1.48. The van der Waals surface area contributed by atoms with Gasteiger partial charge in [0.1, 0.15) is 23.4 Å². The summed E-state index contributed by atoms with van der Waals surface area (Å²) in [7, 11) is 0. The van der Waals surface area contributed by atoms with E-state index in [1.807, 2.05) is 0 Å². The molecule has 0 aromatic heterocycles. The third-order valence-electron chi connectivity index (χ3n) is 3.13. The molecule has 0 radical (unpaired) electrons. The minimum Gasteiger partial charge on any atom is -0.464 e. The summed E-state index contributed by atoms with van der Waals surface area (Å²) in [4.78, 5) is 38.2. The Labute approximate surface area is 161 Å². The lowest BCUT2D eigenvalue weighted by Crippen LogP contribution is -2.53. The van der Waals surface area contributed by atoms with Crippen molar-refractivity contribution in [2.75, 3.05) is 6.61 Å². The molecule has 0 aliphatic heterocycles. The number of esters is 1. The number of alkyl halides is 1. The SMILES string of the molecule is CCCC(F)C[C@@H](C(=O)OCC)N(C(=O)OC(C)(C)C)C(=O)OC(C)(C)C. The van der Waals surface area contributed by atoms with E-state index in [0.29, 0.717) is 11.3 Å². The van der Waals surface area contributed by atoms with E-state index in [-0.39, 0.29) is 19.4 Å². The topological polar surface area (TPSA) is 82.1 Å². The molecule has 2 atom stereocenters. The first-order valence-electron chi connectivity index (χ1n) is 9.27. The lowest BCUT2D eigenvalue weighted by Gasteiger charge is -2.32. The van der Waals surface area contributed by atoms with Gasteiger partial charge in [-0.1, -0.05) is 13.3 Å². The standard InChI is InChI=1S/C19H34FNO6/c1-9-11-13(20)12-14(15(22)25-10-2)21(16(23)26-18(3,4)5)17(24)27-19(6,7)8/h13-14H,9-12H2,1-8H3/t13?,14-/m0/s1. The van der Waals surface area contributed by atoms with Gasteiger partial charge in [0.15, 0.2) is 0 Å². The highest BCUT2D eigenvalue weighted by molar-refractivity contribution is 5.94. The molecule has 0 bridgehead atoms. The Hall–Kier alpha value is -1.86. The molecule has 0 heterocycles. The van der Waals surface area contributed by atoms with Crippen LogP contribution in [-0.2, 0) is 19.0 Å². The molecule has 1 unspecified atom stereocenters. The van der Waals surface area contributed by atoms with Crippen LogP contribution in [-0.4, -0.2) is 53.1 Å². The Bertz CT molecular complexity index is 481. The highest BCUT2D eigenvalue weighted by atomic mass is 19.1. The molecule has 27 heavy (non-hydrogen) atoms. The van der Waals surface area contributed by atoms with Crippen LogP contribution in [0, 0.1) is 0 Å². The first kappa shape index (κ1) is 25.1. The van der Waals surface area contributed by atoms with E-state index in [0.717, 1.165) is 0 Å². The second-order valence-corrected chi connectivity index (χ2v) is 8.22. The zero-order valence-corrected chi connectivity index (χ0v) is 17.8. The predicted octanol–water partition coefficient (Wildman–Crippen LogP) is 4.62. The Morgan fingerprint density at radius 1 is 0.926 bits per heavy atom. The lowest BCUT2D eigenvalue weighted by molar-refractivity contribution is -0.150. The molecule has 7 nitrogen and oxygen atoms in total. The fourth-order valence-corrected chi connectivity index (χ4v) is 2.17. The van der Waals surface area contributed by atoms with Gasteiger partial charge in [-0.25, -0.2) is 18.8 Å². The van der Waals surface area contributed by atoms with E-state index < -0.39 is 41.6 Å². The molecule has 0 N–H and O–H groups in total. The number of carbonyl (C=O) groups is 3. The number of rotatable bonds is 7. The van der Waals surface area contributed by atoms with Gasteiger partial charge in [0.25, 0.3) is 0 Å². The van der Waals surface area contributed by atoms with Gasteiger partial charge in [-0.3, -0.25) is 0 Å². The molecule has 2 amide bonds. The second-order valence-electron chi connectivity index (χ2n) is 8.22. The van der Waals surface area contributed by atoms with Crippen molar-refractivity contribution >= 4 is 18.2 Å². The molecule has 0 saturated carbocycles. The average Bonchev–Trinajstić information content (AvgIpc) is 2.43. The largest absolute Gasteiger partial charge is 0.464 e. The van der Waals surface area contributed by atoms with E-state index in [1.165, 1.54) is 0 Å². The first-order valence-corrected chi connectivity index (χ1v) is 9.27. The number of imide groups is 1. The smallest absolute Gasteiger partial charge is 0.420 e. The number of amides is 2. The Balaban J connectivity index is 5.88. The van der Waals surface area contributed by atoms with Crippen LogP contribution >= 0.6 is 0 Å². The maximum Gasteiger partial charge on any atom is 0.420 e. The van der Waals surface area contributed by atoms with E-state index in [1.54, 1.807) is 55.4 Å². The lowest BCUT2D eigenvalue weighted by atomic mass is 10.1. The molecule has 0 spiro atoms. The minimum atomic E-state index is -1.48. The normalized spacial score (nSPS) is 14.1. The van der Waals surface area contributed by atoms with Gasteiger partial charge in [0.05, 0.1) is 6.61 Å². The van der Waals surface area contributed by atoms with Crippen LogP contribution in [0.5, 0.6) is 0 Å². The van der Waals surface area contributed by atoms with E-state index in [2.05, 4.69) is 0 Å². The number of ether oxygens (including phenoxy) is 3. The van der Waals surface area contributed by atoms with E-state index in [4.69, 9.17) is 14.2 Å². The van der Waals surface area contributed by atoms with Gasteiger partial charge in [-0.15, -0.1) is 0 Å². The third-order valence-corrected chi connectivity index (χ3v) is 3.13. The number of halogens is 1. The number of hydrogen-bond donors (Lipinski definition) is 0. The van der Waals surface area contributed by atoms with E-state index >= 15 is 0 Å². The van der Waals surface area contributed by atoms with Crippen molar-refractivity contribution in [2.45, 2.75) is 98.1 Å². The summed E-state index contributed by atoms with van der Waals surface area (Å²) in [5, 5.41) is 0. The zero-order chi connectivity index (χ0) is 21.4. The maximum atomic E-state index is 14.3. The quantitative estimate of drug-likeness (QED) is 0.465. The molecule has 0 saturated heterocycles. The number of hydrogen-bond acceptors (Lipinski definition) is 6. The van der Waals surface area contributed by atoms with Crippen molar-refractivity contribution in [3.05, 3.63) is 0 Å². The molecule has 0 aliphatic rings. The van der Waals surface area contributed by atoms with Crippen molar-refractivity contribution in [3.63, 3.8) is 0 Å². The monoisotopic (exact) mass is 391 g/mol. The van der Waals surface area contributed by atoms with Crippen molar-refractivity contribution in [3.8, 4) is 0 Å². The van der Waals surface area contributed by atoms with Crippen LogP contribution in [0.4, 0.5) is 14.0 Å². The summed E-state index contributed by atoms with van der Waals surface area (Å²) < 4.78 is 29.7. The summed E-state index contributed by atoms with van der Waals surface area (Å²) >= 11 is 0. The molecular weight excluding hydrogens is 357 g/mol. The van der Waals surface area contributed by atoms with E-state index in [9.17, 15) is 18.8 Å². The third kappa shape index (κ3) is 10.2. The van der Waals surface area contributed by atoms with Gasteiger partial charge in [0.2, 0.25) is 0 Å². The molecular formula is C19H34FNO6. The summed E-state index contributed by atoms with van der Waals surface area (Å²) in [6.07, 6.45) is -3.21. The van der Waals surface area contributed by atoms with Crippen LogP contribution in [0.1, 0.15) is 74.7 Å². The first-order chi connectivity index (χ1) is 12.2. The molecule has 0 aliphatic carbocycles. The summed E-state index contributed by atoms with van der Waals surface area (Å²) in [5.41, 5.74) is -1.84. The maximum absolute atomic E-state index is 14.3. The molecule has 158 valence electrons. The minimum absolute atomic E-state index is 0.0243. The predicted molar refractivity (Wildman–Crippen MR) is 99.1 cm³/mol. The Morgan fingerprint density at radius 2 is 1.37 bits per heavy atom. The van der Waals surface area contributed by atoms with Gasteiger partial charge < -0.3 is 14.2 Å². The van der Waals surface area contributed by atoms with Crippen LogP contribution in [0.2, 0.25) is 0 Å².